The Morgan fingerprint density at radius 3 is 2.76 bits per heavy atom. The number of hydrogen-bond donors (Lipinski definition) is 0. The Balaban J connectivity index is 1.98. The lowest BCUT2D eigenvalue weighted by molar-refractivity contribution is -0.137. The van der Waals surface area contributed by atoms with Crippen LogP contribution in [-0.2, 0) is 9.53 Å². The van der Waals surface area contributed by atoms with Crippen molar-refractivity contribution in [2.75, 3.05) is 13.7 Å². The molecule has 25 heavy (non-hydrogen) atoms. The van der Waals surface area contributed by atoms with Crippen LogP contribution in [0.5, 0.6) is 5.75 Å². The molecule has 4 nitrogen and oxygen atoms in total. The van der Waals surface area contributed by atoms with Gasteiger partial charge in [-0.2, -0.15) is 0 Å². The van der Waals surface area contributed by atoms with Crippen LogP contribution in [0.1, 0.15) is 12.5 Å². The predicted molar refractivity (Wildman–Crippen MR) is 99.4 cm³/mol. The molecule has 0 saturated heterocycles. The third-order valence-electron chi connectivity index (χ3n) is 3.84. The SMILES string of the molecule is CCOC(=O)/C=C/c1cc(-c2cnc3ccccc3c2)ccc1OC. The van der Waals surface area contributed by atoms with Crippen molar-refractivity contribution >= 4 is 22.9 Å². The first kappa shape index (κ1) is 16.7. The van der Waals surface area contributed by atoms with E-state index < -0.39 is 0 Å². The summed E-state index contributed by atoms with van der Waals surface area (Å²) < 4.78 is 10.3. The summed E-state index contributed by atoms with van der Waals surface area (Å²) in [5.41, 5.74) is 3.78. The molecule has 0 amide bonds. The van der Waals surface area contributed by atoms with Crippen LogP contribution in [0.25, 0.3) is 28.1 Å². The molecule has 1 heterocycles. The molecule has 0 saturated carbocycles. The quantitative estimate of drug-likeness (QED) is 0.510. The number of carbonyl (C=O) groups is 1. The van der Waals surface area contributed by atoms with Crippen molar-refractivity contribution in [3.63, 3.8) is 0 Å². The molecule has 126 valence electrons. The Labute approximate surface area is 146 Å². The molecule has 0 fully saturated rings. The van der Waals surface area contributed by atoms with Gasteiger partial charge in [-0.25, -0.2) is 4.79 Å². The summed E-state index contributed by atoms with van der Waals surface area (Å²) >= 11 is 0. The van der Waals surface area contributed by atoms with Gasteiger partial charge in [0.05, 0.1) is 19.2 Å². The summed E-state index contributed by atoms with van der Waals surface area (Å²) in [6.45, 7) is 2.13. The summed E-state index contributed by atoms with van der Waals surface area (Å²) in [6, 6.07) is 15.9. The van der Waals surface area contributed by atoms with E-state index in [2.05, 4.69) is 11.1 Å². The lowest BCUT2D eigenvalue weighted by Gasteiger charge is -2.09. The van der Waals surface area contributed by atoms with E-state index in [1.54, 1.807) is 20.1 Å². The van der Waals surface area contributed by atoms with Crippen molar-refractivity contribution in [2.24, 2.45) is 0 Å². The van der Waals surface area contributed by atoms with Gasteiger partial charge in [0, 0.05) is 28.8 Å². The number of carbonyl (C=O) groups excluding carboxylic acids is 1. The third kappa shape index (κ3) is 3.86. The maximum atomic E-state index is 11.6. The molecule has 0 aliphatic heterocycles. The van der Waals surface area contributed by atoms with E-state index in [1.165, 1.54) is 6.08 Å². The molecule has 3 aromatic rings. The second-order valence-corrected chi connectivity index (χ2v) is 5.46. The topological polar surface area (TPSA) is 48.4 Å². The van der Waals surface area contributed by atoms with Crippen LogP contribution in [0.4, 0.5) is 0 Å². The van der Waals surface area contributed by atoms with Crippen molar-refractivity contribution in [3.8, 4) is 16.9 Å². The lowest BCUT2D eigenvalue weighted by Crippen LogP contribution is -1.99. The number of aromatic nitrogens is 1. The highest BCUT2D eigenvalue weighted by atomic mass is 16.5. The first-order valence-corrected chi connectivity index (χ1v) is 8.09. The number of fused-ring (bicyclic) bond motifs is 1. The highest BCUT2D eigenvalue weighted by Crippen LogP contribution is 2.28. The number of benzene rings is 2. The fraction of sp³-hybridized carbons (Fsp3) is 0.143. The van der Waals surface area contributed by atoms with Crippen molar-refractivity contribution in [1.29, 1.82) is 0 Å². The van der Waals surface area contributed by atoms with Gasteiger partial charge in [0.25, 0.3) is 0 Å². The zero-order valence-electron chi connectivity index (χ0n) is 14.2. The summed E-state index contributed by atoms with van der Waals surface area (Å²) in [4.78, 5) is 16.1. The van der Waals surface area contributed by atoms with Gasteiger partial charge >= 0.3 is 5.97 Å². The van der Waals surface area contributed by atoms with E-state index in [0.717, 1.165) is 27.6 Å². The van der Waals surface area contributed by atoms with Gasteiger partial charge in [0.1, 0.15) is 5.75 Å². The van der Waals surface area contributed by atoms with E-state index in [1.807, 2.05) is 48.7 Å². The van der Waals surface area contributed by atoms with Crippen molar-refractivity contribution in [2.45, 2.75) is 6.92 Å². The van der Waals surface area contributed by atoms with Crippen LogP contribution < -0.4 is 4.74 Å². The number of pyridine rings is 1. The Morgan fingerprint density at radius 2 is 1.96 bits per heavy atom. The Morgan fingerprint density at radius 1 is 1.12 bits per heavy atom. The maximum Gasteiger partial charge on any atom is 0.330 e. The monoisotopic (exact) mass is 333 g/mol. The molecule has 0 aliphatic rings. The Hall–Kier alpha value is -3.14. The average molecular weight is 333 g/mol. The second kappa shape index (κ2) is 7.62. The number of ether oxygens (including phenoxy) is 2. The van der Waals surface area contributed by atoms with E-state index in [9.17, 15) is 4.79 Å². The number of nitrogens with zero attached hydrogens (tertiary/aromatic N) is 1. The van der Waals surface area contributed by atoms with E-state index in [0.29, 0.717) is 12.4 Å². The minimum absolute atomic E-state index is 0.350. The zero-order valence-corrected chi connectivity index (χ0v) is 14.2. The van der Waals surface area contributed by atoms with Gasteiger partial charge in [0.15, 0.2) is 0 Å². The highest BCUT2D eigenvalue weighted by Gasteiger charge is 2.06. The van der Waals surface area contributed by atoms with Crippen LogP contribution in [0.2, 0.25) is 0 Å². The number of para-hydroxylation sites is 1. The molecule has 0 radical (unpaired) electrons. The van der Waals surface area contributed by atoms with E-state index >= 15 is 0 Å². The summed E-state index contributed by atoms with van der Waals surface area (Å²) in [5, 5.41) is 1.08. The molecule has 0 aliphatic carbocycles. The minimum atomic E-state index is -0.373. The average Bonchev–Trinajstić information content (AvgIpc) is 2.66. The Bertz CT molecular complexity index is 931. The number of esters is 1. The molecule has 0 N–H and O–H groups in total. The summed E-state index contributed by atoms with van der Waals surface area (Å²) in [7, 11) is 1.61. The highest BCUT2D eigenvalue weighted by molar-refractivity contribution is 5.88. The van der Waals surface area contributed by atoms with Crippen LogP contribution >= 0.6 is 0 Å². The summed E-state index contributed by atoms with van der Waals surface area (Å²) in [5.74, 6) is 0.320. The molecular weight excluding hydrogens is 314 g/mol. The lowest BCUT2D eigenvalue weighted by atomic mass is 10.0. The predicted octanol–water partition coefficient (Wildman–Crippen LogP) is 4.49. The van der Waals surface area contributed by atoms with Crippen LogP contribution in [-0.4, -0.2) is 24.7 Å². The first-order chi connectivity index (χ1) is 12.2. The van der Waals surface area contributed by atoms with E-state index in [4.69, 9.17) is 9.47 Å². The standard InChI is InChI=1S/C21H19NO3/c1-3-25-21(23)11-9-17-12-15(8-10-20(17)24-2)18-13-16-6-4-5-7-19(16)22-14-18/h4-14H,3H2,1-2H3/b11-9+. The molecule has 3 rings (SSSR count). The van der Waals surface area contributed by atoms with Gasteiger partial charge in [-0.15, -0.1) is 0 Å². The molecule has 1 aromatic heterocycles. The van der Waals surface area contributed by atoms with Crippen molar-refractivity contribution < 1.29 is 14.3 Å². The minimum Gasteiger partial charge on any atom is -0.496 e. The van der Waals surface area contributed by atoms with Crippen molar-refractivity contribution in [3.05, 3.63) is 66.4 Å². The number of hydrogen-bond acceptors (Lipinski definition) is 4. The third-order valence-corrected chi connectivity index (χ3v) is 3.84. The largest absolute Gasteiger partial charge is 0.496 e. The fourth-order valence-corrected chi connectivity index (χ4v) is 2.62. The molecule has 0 bridgehead atoms. The van der Waals surface area contributed by atoms with Gasteiger partial charge < -0.3 is 9.47 Å². The van der Waals surface area contributed by atoms with Gasteiger partial charge in [-0.1, -0.05) is 24.3 Å². The molecule has 2 aromatic carbocycles. The Kier molecular flexibility index (Phi) is 5.09. The molecular formula is C21H19NO3. The first-order valence-electron chi connectivity index (χ1n) is 8.09. The van der Waals surface area contributed by atoms with Crippen molar-refractivity contribution in [1.82, 2.24) is 4.98 Å². The molecule has 0 atom stereocenters. The van der Waals surface area contributed by atoms with Gasteiger partial charge in [0.2, 0.25) is 0 Å². The number of rotatable bonds is 5. The smallest absolute Gasteiger partial charge is 0.330 e. The molecule has 4 heteroatoms. The molecule has 0 unspecified atom stereocenters. The second-order valence-electron chi connectivity index (χ2n) is 5.46. The fourth-order valence-electron chi connectivity index (χ4n) is 2.62. The van der Waals surface area contributed by atoms with Crippen LogP contribution in [0, 0.1) is 0 Å². The maximum absolute atomic E-state index is 11.6. The summed E-state index contributed by atoms with van der Waals surface area (Å²) in [6.07, 6.45) is 4.96. The van der Waals surface area contributed by atoms with Crippen LogP contribution in [0.3, 0.4) is 0 Å². The van der Waals surface area contributed by atoms with Gasteiger partial charge in [-0.05, 0) is 42.8 Å². The zero-order chi connectivity index (χ0) is 17.6. The van der Waals surface area contributed by atoms with Crippen LogP contribution in [0.15, 0.2) is 60.8 Å². The normalized spacial score (nSPS) is 11.0. The molecule has 0 spiro atoms. The van der Waals surface area contributed by atoms with Gasteiger partial charge in [-0.3, -0.25) is 4.98 Å². The number of methoxy groups -OCH3 is 1. The van der Waals surface area contributed by atoms with E-state index in [-0.39, 0.29) is 5.97 Å².